The number of carbonyl (C=O) groups is 1. The molecule has 1 amide bonds. The van der Waals surface area contributed by atoms with Crippen LogP contribution in [0.15, 0.2) is 16.8 Å². The van der Waals surface area contributed by atoms with Crippen molar-refractivity contribution in [2.75, 3.05) is 13.1 Å². The van der Waals surface area contributed by atoms with Crippen LogP contribution in [0.3, 0.4) is 0 Å². The zero-order valence-electron chi connectivity index (χ0n) is 5.28. The van der Waals surface area contributed by atoms with Gasteiger partial charge in [0.1, 0.15) is 0 Å². The van der Waals surface area contributed by atoms with Crippen molar-refractivity contribution in [2.45, 2.75) is 0 Å². The largest absolute Gasteiger partial charge is 0.351 e. The van der Waals surface area contributed by atoms with Gasteiger partial charge < -0.3 is 9.42 Å². The van der Waals surface area contributed by atoms with Gasteiger partial charge in [0, 0.05) is 19.2 Å². The lowest BCUT2D eigenvalue weighted by atomic mass is 10.4. The van der Waals surface area contributed by atoms with Crippen LogP contribution in [0.4, 0.5) is 0 Å². The molecule has 0 bridgehead atoms. The van der Waals surface area contributed by atoms with Gasteiger partial charge in [-0.2, -0.15) is 0 Å². The van der Waals surface area contributed by atoms with E-state index >= 15 is 0 Å². The van der Waals surface area contributed by atoms with E-state index in [1.807, 2.05) is 0 Å². The van der Waals surface area contributed by atoms with Crippen LogP contribution in [0.2, 0.25) is 0 Å². The molecule has 0 radical (unpaired) electrons. The molecule has 0 aromatic carbocycles. The molecule has 2 heterocycles. The molecule has 1 saturated heterocycles. The van der Waals surface area contributed by atoms with Crippen molar-refractivity contribution in [1.29, 1.82) is 0 Å². The maximum Gasteiger partial charge on any atom is 0.292 e. The normalized spacial score (nSPS) is 15.4. The first-order chi connectivity index (χ1) is 4.88. The predicted octanol–water partition coefficient (Wildman–Crippen LogP) is 0.130. The highest BCUT2D eigenvalue weighted by atomic mass is 16.5. The van der Waals surface area contributed by atoms with Gasteiger partial charge in [0.15, 0.2) is 0 Å². The van der Waals surface area contributed by atoms with Crippen molar-refractivity contribution in [3.05, 3.63) is 18.0 Å². The van der Waals surface area contributed by atoms with E-state index in [1.165, 1.54) is 6.20 Å². The van der Waals surface area contributed by atoms with Crippen LogP contribution in [0.25, 0.3) is 0 Å². The summed E-state index contributed by atoms with van der Waals surface area (Å²) in [5.41, 5.74) is 0. The minimum Gasteiger partial charge on any atom is -0.351 e. The standard InChI is InChI=1S/C6H6N2O2/c9-6(8-3-4-8)5-1-2-7-10-5/h1-2H,3-4H2. The lowest BCUT2D eigenvalue weighted by molar-refractivity contribution is 0.0846. The third-order valence-corrected chi connectivity index (χ3v) is 1.38. The number of aromatic nitrogens is 1. The molecule has 0 saturated carbocycles. The Bertz CT molecular complexity index is 238. The van der Waals surface area contributed by atoms with Gasteiger partial charge >= 0.3 is 0 Å². The Kier molecular flexibility index (Phi) is 1.00. The SMILES string of the molecule is O=C(c1ccno1)N1CC1. The molecule has 0 N–H and O–H groups in total. The molecular weight excluding hydrogens is 132 g/mol. The van der Waals surface area contributed by atoms with Crippen LogP contribution in [0, 0.1) is 0 Å². The molecule has 1 aliphatic rings. The molecule has 52 valence electrons. The molecule has 1 aliphatic heterocycles. The molecule has 0 spiro atoms. The Morgan fingerprint density at radius 1 is 1.70 bits per heavy atom. The van der Waals surface area contributed by atoms with Crippen LogP contribution in [-0.2, 0) is 0 Å². The molecule has 0 unspecified atom stereocenters. The Hall–Kier alpha value is -1.32. The molecule has 0 aliphatic carbocycles. The summed E-state index contributed by atoms with van der Waals surface area (Å²) in [6.07, 6.45) is 1.47. The second-order valence-corrected chi connectivity index (χ2v) is 2.17. The minimum absolute atomic E-state index is 0.0579. The van der Waals surface area contributed by atoms with E-state index in [0.29, 0.717) is 5.76 Å². The van der Waals surface area contributed by atoms with E-state index < -0.39 is 0 Å². The zero-order chi connectivity index (χ0) is 6.97. The number of rotatable bonds is 1. The highest BCUT2D eigenvalue weighted by Gasteiger charge is 2.27. The Morgan fingerprint density at radius 3 is 3.00 bits per heavy atom. The van der Waals surface area contributed by atoms with Gasteiger partial charge in [-0.1, -0.05) is 5.16 Å². The molecule has 10 heavy (non-hydrogen) atoms. The zero-order valence-corrected chi connectivity index (χ0v) is 5.28. The average molecular weight is 138 g/mol. The van der Waals surface area contributed by atoms with Gasteiger partial charge in [-0.25, -0.2) is 0 Å². The van der Waals surface area contributed by atoms with E-state index in [2.05, 4.69) is 9.68 Å². The van der Waals surface area contributed by atoms with Crippen molar-refractivity contribution in [2.24, 2.45) is 0 Å². The average Bonchev–Trinajstić information content (AvgIpc) is 2.65. The van der Waals surface area contributed by atoms with E-state index in [1.54, 1.807) is 11.0 Å². The fraction of sp³-hybridized carbons (Fsp3) is 0.333. The molecule has 1 fully saturated rings. The summed E-state index contributed by atoms with van der Waals surface area (Å²) in [4.78, 5) is 12.7. The van der Waals surface area contributed by atoms with Crippen molar-refractivity contribution >= 4 is 5.91 Å². The first-order valence-corrected chi connectivity index (χ1v) is 3.08. The minimum atomic E-state index is -0.0579. The quantitative estimate of drug-likeness (QED) is 0.518. The van der Waals surface area contributed by atoms with E-state index in [4.69, 9.17) is 0 Å². The number of amides is 1. The number of hydrogen-bond acceptors (Lipinski definition) is 3. The van der Waals surface area contributed by atoms with Crippen LogP contribution < -0.4 is 0 Å². The smallest absolute Gasteiger partial charge is 0.292 e. The second-order valence-electron chi connectivity index (χ2n) is 2.17. The van der Waals surface area contributed by atoms with Gasteiger partial charge in [0.2, 0.25) is 5.76 Å². The van der Waals surface area contributed by atoms with E-state index in [-0.39, 0.29) is 5.91 Å². The summed E-state index contributed by atoms with van der Waals surface area (Å²) in [6.45, 7) is 1.69. The van der Waals surface area contributed by atoms with Crippen molar-refractivity contribution < 1.29 is 9.32 Å². The molecule has 1 aromatic rings. The van der Waals surface area contributed by atoms with Gasteiger partial charge in [-0.15, -0.1) is 0 Å². The first-order valence-electron chi connectivity index (χ1n) is 3.08. The van der Waals surface area contributed by atoms with Gasteiger partial charge in [0.25, 0.3) is 5.91 Å². The van der Waals surface area contributed by atoms with Gasteiger partial charge in [0.05, 0.1) is 6.20 Å². The molecule has 4 heteroatoms. The number of hydrogen-bond donors (Lipinski definition) is 0. The van der Waals surface area contributed by atoms with Crippen LogP contribution >= 0.6 is 0 Å². The second kappa shape index (κ2) is 1.83. The van der Waals surface area contributed by atoms with Crippen LogP contribution in [-0.4, -0.2) is 29.1 Å². The monoisotopic (exact) mass is 138 g/mol. The highest BCUT2D eigenvalue weighted by Crippen LogP contribution is 2.10. The Morgan fingerprint density at radius 2 is 2.50 bits per heavy atom. The Labute approximate surface area is 57.4 Å². The Balaban J connectivity index is 2.19. The van der Waals surface area contributed by atoms with Crippen LogP contribution in [0.5, 0.6) is 0 Å². The maximum absolute atomic E-state index is 11.1. The molecule has 4 nitrogen and oxygen atoms in total. The fourth-order valence-corrected chi connectivity index (χ4v) is 0.735. The summed E-state index contributed by atoms with van der Waals surface area (Å²) < 4.78 is 4.66. The third kappa shape index (κ3) is 0.775. The summed E-state index contributed by atoms with van der Waals surface area (Å²) in [5, 5.41) is 3.43. The number of nitrogens with zero attached hydrogens (tertiary/aromatic N) is 2. The first kappa shape index (κ1) is 5.46. The predicted molar refractivity (Wildman–Crippen MR) is 32.4 cm³/mol. The summed E-state index contributed by atoms with van der Waals surface area (Å²) in [7, 11) is 0. The molecule has 1 aromatic heterocycles. The van der Waals surface area contributed by atoms with E-state index in [0.717, 1.165) is 13.1 Å². The summed E-state index contributed by atoms with van der Waals surface area (Å²) in [6, 6.07) is 1.57. The van der Waals surface area contributed by atoms with Crippen molar-refractivity contribution in [3.8, 4) is 0 Å². The highest BCUT2D eigenvalue weighted by molar-refractivity contribution is 5.92. The third-order valence-electron chi connectivity index (χ3n) is 1.38. The van der Waals surface area contributed by atoms with E-state index in [9.17, 15) is 4.79 Å². The maximum atomic E-state index is 11.1. The molecule has 0 atom stereocenters. The van der Waals surface area contributed by atoms with Gasteiger partial charge in [-0.05, 0) is 0 Å². The van der Waals surface area contributed by atoms with Crippen molar-refractivity contribution in [3.63, 3.8) is 0 Å². The van der Waals surface area contributed by atoms with Gasteiger partial charge in [-0.3, -0.25) is 4.79 Å². The van der Waals surface area contributed by atoms with Crippen molar-refractivity contribution in [1.82, 2.24) is 10.1 Å². The van der Waals surface area contributed by atoms with Crippen LogP contribution in [0.1, 0.15) is 10.6 Å². The summed E-state index contributed by atoms with van der Waals surface area (Å²) in [5.74, 6) is 0.273. The topological polar surface area (TPSA) is 46.1 Å². The molecule has 2 rings (SSSR count). The number of carbonyl (C=O) groups excluding carboxylic acids is 1. The fourth-order valence-electron chi connectivity index (χ4n) is 0.735. The summed E-state index contributed by atoms with van der Waals surface area (Å²) >= 11 is 0. The lowest BCUT2D eigenvalue weighted by Crippen LogP contribution is -2.08. The molecular formula is C6H6N2O2. The lowest BCUT2D eigenvalue weighted by Gasteiger charge is -1.92.